The summed E-state index contributed by atoms with van der Waals surface area (Å²) >= 11 is 0. The third-order valence-electron chi connectivity index (χ3n) is 14.9. The molecule has 2 atom stereocenters. The highest BCUT2D eigenvalue weighted by molar-refractivity contribution is 7.19. The Balaban J connectivity index is 1.08. The molecule has 0 aromatic heterocycles. The molecular formula is C68H70N2O3Si4. The lowest BCUT2D eigenvalue weighted by atomic mass is 10.1. The molecule has 386 valence electrons. The largest absolute Gasteiger partial charge is 0.491 e. The summed E-state index contributed by atoms with van der Waals surface area (Å²) in [6, 6.07) is 91.7. The van der Waals surface area contributed by atoms with Gasteiger partial charge < -0.3 is 23.1 Å². The fourth-order valence-corrected chi connectivity index (χ4v) is 29.5. The molecule has 0 radical (unpaired) electrons. The van der Waals surface area contributed by atoms with Crippen molar-refractivity contribution in [2.24, 2.45) is 0 Å². The molecule has 0 saturated carbocycles. The lowest BCUT2D eigenvalue weighted by Crippen LogP contribution is -2.74. The van der Waals surface area contributed by atoms with E-state index < -0.39 is 33.4 Å². The summed E-state index contributed by atoms with van der Waals surface area (Å²) in [7, 11) is -9.29. The second-order valence-electron chi connectivity index (χ2n) is 21.4. The van der Waals surface area contributed by atoms with Gasteiger partial charge in [-0.25, -0.2) is 0 Å². The molecule has 0 aliphatic rings. The van der Waals surface area contributed by atoms with Gasteiger partial charge in [-0.05, 0) is 143 Å². The predicted molar refractivity (Wildman–Crippen MR) is 336 cm³/mol. The van der Waals surface area contributed by atoms with Gasteiger partial charge in [0.05, 0.1) is 11.4 Å². The lowest BCUT2D eigenvalue weighted by molar-refractivity contribution is 0.233. The van der Waals surface area contributed by atoms with Gasteiger partial charge >= 0.3 is 0 Å². The lowest BCUT2D eigenvalue weighted by Gasteiger charge is -2.40. The SMILES string of the molecule is CCCCC(Oc1ccc(N(c2ccc([Si](c3ccccc3)(c3ccccc3)c3ccc(N(c4ccccc4)c4cccc5ccccc45)cc3)cc2)c2cccc3ccccc23)cc1)[Si](C)(C[Si](=O)CC)O[Si](C)(C)C. The molecule has 0 N–H and O–H groups in total. The molecule has 0 amide bonds. The van der Waals surface area contributed by atoms with Crippen LogP contribution in [0.5, 0.6) is 5.75 Å². The van der Waals surface area contributed by atoms with E-state index in [0.29, 0.717) is 11.7 Å². The van der Waals surface area contributed by atoms with Crippen LogP contribution < -0.4 is 35.3 Å². The number of anilines is 6. The molecule has 77 heavy (non-hydrogen) atoms. The van der Waals surface area contributed by atoms with E-state index in [1.165, 1.54) is 42.3 Å². The first-order valence-corrected chi connectivity index (χ1v) is 37.3. The van der Waals surface area contributed by atoms with E-state index in [2.05, 4.69) is 292 Å². The average molecular weight is 1080 g/mol. The van der Waals surface area contributed by atoms with Gasteiger partial charge in [0, 0.05) is 39.2 Å². The van der Waals surface area contributed by atoms with Gasteiger partial charge in [-0.15, -0.1) is 0 Å². The van der Waals surface area contributed by atoms with Crippen LogP contribution in [0.1, 0.15) is 33.1 Å². The Hall–Kier alpha value is -7.25. The van der Waals surface area contributed by atoms with Crippen LogP contribution in [0, 0.1) is 0 Å². The van der Waals surface area contributed by atoms with Crippen molar-refractivity contribution in [2.45, 2.75) is 76.7 Å². The minimum atomic E-state index is -2.97. The fraction of sp³-hybridized carbons (Fsp3) is 0.176. The fourth-order valence-electron chi connectivity index (χ4n) is 11.5. The maximum absolute atomic E-state index is 13.4. The van der Waals surface area contributed by atoms with Crippen LogP contribution in [-0.2, 0) is 8.58 Å². The van der Waals surface area contributed by atoms with Crippen LogP contribution in [-0.4, -0.2) is 39.1 Å². The molecule has 0 bridgehead atoms. The number of unbranched alkanes of at least 4 members (excludes halogenated alkanes) is 1. The second kappa shape index (κ2) is 23.6. The van der Waals surface area contributed by atoms with Crippen molar-refractivity contribution in [1.82, 2.24) is 0 Å². The zero-order valence-electron chi connectivity index (χ0n) is 45.4. The van der Waals surface area contributed by atoms with Crippen molar-refractivity contribution in [2.75, 3.05) is 9.80 Å². The van der Waals surface area contributed by atoms with Gasteiger partial charge in [-0.1, -0.05) is 203 Å². The Morgan fingerprint density at radius 3 is 1.27 bits per heavy atom. The summed E-state index contributed by atoms with van der Waals surface area (Å²) in [6.45, 7) is 13.3. The Labute approximate surface area is 461 Å². The third-order valence-corrected chi connectivity index (χ3v) is 31.0. The van der Waals surface area contributed by atoms with E-state index in [9.17, 15) is 4.46 Å². The topological polar surface area (TPSA) is 42.0 Å². The molecule has 10 rings (SSSR count). The predicted octanol–water partition coefficient (Wildman–Crippen LogP) is 16.2. The minimum absolute atomic E-state index is 0.107. The Kier molecular flexibility index (Phi) is 16.3. The van der Waals surface area contributed by atoms with Crippen LogP contribution in [0.3, 0.4) is 0 Å². The number of nitrogens with zero attached hydrogens (tertiary/aromatic N) is 2. The van der Waals surface area contributed by atoms with Crippen LogP contribution in [0.25, 0.3) is 21.5 Å². The molecular weight excluding hydrogens is 1010 g/mol. The zero-order valence-corrected chi connectivity index (χ0v) is 49.4. The Bertz CT molecular complexity index is 3510. The van der Waals surface area contributed by atoms with Crippen LogP contribution in [0.15, 0.2) is 249 Å². The summed E-state index contributed by atoms with van der Waals surface area (Å²) in [5, 5.41) is 9.98. The maximum atomic E-state index is 13.4. The zero-order chi connectivity index (χ0) is 53.4. The average Bonchev–Trinajstić information content (AvgIpc) is 3.61. The Morgan fingerprint density at radius 2 is 0.831 bits per heavy atom. The maximum Gasteiger partial charge on any atom is 0.275 e. The highest BCUT2D eigenvalue weighted by Gasteiger charge is 2.45. The van der Waals surface area contributed by atoms with Crippen molar-refractivity contribution in [3.05, 3.63) is 249 Å². The van der Waals surface area contributed by atoms with E-state index in [1.807, 2.05) is 6.92 Å². The van der Waals surface area contributed by atoms with Gasteiger partial charge in [0.1, 0.15) is 11.5 Å². The smallest absolute Gasteiger partial charge is 0.275 e. The highest BCUT2D eigenvalue weighted by Crippen LogP contribution is 2.41. The van der Waals surface area contributed by atoms with E-state index in [-0.39, 0.29) is 5.73 Å². The molecule has 0 heterocycles. The molecule has 10 aromatic rings. The summed E-state index contributed by atoms with van der Waals surface area (Å²) in [4.78, 5) is 4.78. The van der Waals surface area contributed by atoms with Crippen molar-refractivity contribution in [3.63, 3.8) is 0 Å². The Morgan fingerprint density at radius 1 is 0.442 bits per heavy atom. The first-order chi connectivity index (χ1) is 37.5. The van der Waals surface area contributed by atoms with Gasteiger partial charge in [-0.3, -0.25) is 0 Å². The molecule has 9 heteroatoms. The van der Waals surface area contributed by atoms with Crippen LogP contribution in [0.2, 0.25) is 37.9 Å². The molecule has 0 aliphatic heterocycles. The number of fused-ring (bicyclic) bond motifs is 2. The van der Waals surface area contributed by atoms with E-state index in [1.54, 1.807) is 0 Å². The molecule has 0 saturated heterocycles. The van der Waals surface area contributed by atoms with Gasteiger partial charge in [0.2, 0.25) is 8.32 Å². The molecule has 5 nitrogen and oxygen atoms in total. The minimum Gasteiger partial charge on any atom is -0.491 e. The number of hydrogen-bond acceptors (Lipinski definition) is 5. The van der Waals surface area contributed by atoms with Gasteiger partial charge in [-0.2, -0.15) is 0 Å². The molecule has 0 fully saturated rings. The standard InChI is InChI=1S/C68H70N2O3Si4/c1-7-9-39-68(76(6,52-74(71)8-2)73-75(3,4)5)72-59-46-40-56(41-47-59)70(67-38-24-28-54-26-20-22-36-65(54)67)58-44-50-63(51-45-58)77(60-31-15-11-16-32-60,61-33-17-12-18-34-61)62-48-42-57(43-49-62)69(55-29-13-10-14-30-55)66-37-23-27-53-25-19-21-35-64(53)66/h10-38,40-51,68H,7-9,39,52H2,1-6H3. The van der Waals surface area contributed by atoms with E-state index in [0.717, 1.165) is 59.1 Å². The molecule has 2 unspecified atom stereocenters. The van der Waals surface area contributed by atoms with Gasteiger partial charge in [0.25, 0.3) is 8.68 Å². The quantitative estimate of drug-likeness (QED) is 0.0530. The summed E-state index contributed by atoms with van der Waals surface area (Å²) in [6.07, 6.45) is 2.97. The van der Waals surface area contributed by atoms with Crippen molar-refractivity contribution < 1.29 is 13.3 Å². The third kappa shape index (κ3) is 11.4. The van der Waals surface area contributed by atoms with Crippen LogP contribution >= 0.6 is 0 Å². The number of rotatable bonds is 21. The van der Waals surface area contributed by atoms with Crippen molar-refractivity contribution >= 4 is 110 Å². The van der Waals surface area contributed by atoms with Crippen LogP contribution in [0.4, 0.5) is 34.1 Å². The van der Waals surface area contributed by atoms with Crippen molar-refractivity contribution in [3.8, 4) is 5.75 Å². The molecule has 0 spiro atoms. The molecule has 0 aliphatic carbocycles. The molecule has 10 aromatic carbocycles. The summed E-state index contributed by atoms with van der Waals surface area (Å²) < 4.78 is 27.5. The van der Waals surface area contributed by atoms with E-state index in [4.69, 9.17) is 8.85 Å². The monoisotopic (exact) mass is 1070 g/mol. The van der Waals surface area contributed by atoms with E-state index >= 15 is 0 Å². The normalized spacial score (nSPS) is 13.0. The summed E-state index contributed by atoms with van der Waals surface area (Å²) in [5.74, 6) is 0.814. The second-order valence-corrected chi connectivity index (χ2v) is 36.7. The first-order valence-electron chi connectivity index (χ1n) is 27.4. The number of ether oxygens (including phenoxy) is 1. The van der Waals surface area contributed by atoms with Gasteiger partial charge in [0.15, 0.2) is 16.4 Å². The summed E-state index contributed by atoms with van der Waals surface area (Å²) in [5.41, 5.74) is 7.06. The highest BCUT2D eigenvalue weighted by atomic mass is 28.4. The number of benzene rings is 10. The number of para-hydroxylation sites is 1. The van der Waals surface area contributed by atoms with Crippen molar-refractivity contribution in [1.29, 1.82) is 0 Å². The first kappa shape index (κ1) is 53.2. The number of hydrogen-bond donors (Lipinski definition) is 0.